The number of fused-ring (bicyclic) bond motifs is 1. The van der Waals surface area contributed by atoms with Crippen LogP contribution in [0.5, 0.6) is 0 Å². The minimum atomic E-state index is 0.578. The molecule has 0 amide bonds. The zero-order valence-electron chi connectivity index (χ0n) is 12.0. The highest BCUT2D eigenvalue weighted by atomic mass is 32.1. The van der Waals surface area contributed by atoms with Gasteiger partial charge in [0.2, 0.25) is 0 Å². The first-order valence-electron chi connectivity index (χ1n) is 7.35. The van der Waals surface area contributed by atoms with Crippen molar-refractivity contribution < 1.29 is 0 Å². The van der Waals surface area contributed by atoms with Crippen LogP contribution in [-0.2, 0) is 6.54 Å². The Kier molecular flexibility index (Phi) is 3.11. The standard InChI is InChI=1S/C17H17N3S/c1-11-10-21-17-14(11)16(19-15(20-17)13-7-8-13)18-9-12-5-3-2-4-6-12/h2-6,10,13H,7-9H2,1H3,(H,18,19,20). The largest absolute Gasteiger partial charge is 0.365 e. The van der Waals surface area contributed by atoms with Crippen LogP contribution in [0.25, 0.3) is 10.2 Å². The lowest BCUT2D eigenvalue weighted by Crippen LogP contribution is -2.04. The molecule has 0 aliphatic heterocycles. The van der Waals surface area contributed by atoms with Crippen molar-refractivity contribution in [2.45, 2.75) is 32.2 Å². The Morgan fingerprint density at radius 1 is 1.19 bits per heavy atom. The van der Waals surface area contributed by atoms with Crippen LogP contribution in [0.3, 0.4) is 0 Å². The quantitative estimate of drug-likeness (QED) is 0.770. The Morgan fingerprint density at radius 3 is 2.76 bits per heavy atom. The van der Waals surface area contributed by atoms with Crippen LogP contribution < -0.4 is 5.32 Å². The van der Waals surface area contributed by atoms with Crippen LogP contribution >= 0.6 is 11.3 Å². The van der Waals surface area contributed by atoms with E-state index in [0.29, 0.717) is 5.92 Å². The van der Waals surface area contributed by atoms with Gasteiger partial charge in [-0.15, -0.1) is 11.3 Å². The summed E-state index contributed by atoms with van der Waals surface area (Å²) in [5.41, 5.74) is 2.53. The van der Waals surface area contributed by atoms with E-state index in [1.165, 1.54) is 29.4 Å². The monoisotopic (exact) mass is 295 g/mol. The summed E-state index contributed by atoms with van der Waals surface area (Å²) in [4.78, 5) is 10.6. The molecule has 1 N–H and O–H groups in total. The molecule has 1 fully saturated rings. The maximum atomic E-state index is 4.80. The number of hydrogen-bond donors (Lipinski definition) is 1. The van der Waals surface area contributed by atoms with Crippen molar-refractivity contribution >= 4 is 27.4 Å². The molecule has 106 valence electrons. The van der Waals surface area contributed by atoms with Crippen molar-refractivity contribution in [3.63, 3.8) is 0 Å². The molecule has 0 radical (unpaired) electrons. The Bertz CT molecular complexity index is 775. The van der Waals surface area contributed by atoms with Crippen molar-refractivity contribution in [3.8, 4) is 0 Å². The molecule has 4 heteroatoms. The number of benzene rings is 1. The summed E-state index contributed by atoms with van der Waals surface area (Å²) in [5, 5.41) is 6.86. The highest BCUT2D eigenvalue weighted by Gasteiger charge is 2.28. The molecule has 3 aromatic rings. The zero-order chi connectivity index (χ0) is 14.2. The molecular weight excluding hydrogens is 278 g/mol. The van der Waals surface area contributed by atoms with E-state index in [0.717, 1.165) is 23.0 Å². The van der Waals surface area contributed by atoms with Gasteiger partial charge in [0.15, 0.2) is 0 Å². The number of aryl methyl sites for hydroxylation is 1. The van der Waals surface area contributed by atoms with E-state index in [1.54, 1.807) is 11.3 Å². The van der Waals surface area contributed by atoms with Crippen LogP contribution in [0.1, 0.15) is 35.7 Å². The number of thiophene rings is 1. The fraction of sp³-hybridized carbons (Fsp3) is 0.294. The predicted molar refractivity (Wildman–Crippen MR) is 87.9 cm³/mol. The van der Waals surface area contributed by atoms with Gasteiger partial charge in [0.1, 0.15) is 16.5 Å². The van der Waals surface area contributed by atoms with Gasteiger partial charge in [0.05, 0.1) is 5.39 Å². The smallest absolute Gasteiger partial charge is 0.139 e. The molecule has 0 spiro atoms. The average molecular weight is 295 g/mol. The normalized spacial score (nSPS) is 14.5. The van der Waals surface area contributed by atoms with Gasteiger partial charge in [0.25, 0.3) is 0 Å². The molecule has 1 aliphatic rings. The molecule has 0 unspecified atom stereocenters. The summed E-state index contributed by atoms with van der Waals surface area (Å²) in [7, 11) is 0. The summed E-state index contributed by atoms with van der Waals surface area (Å²) < 4.78 is 0. The molecule has 1 saturated carbocycles. The van der Waals surface area contributed by atoms with E-state index in [-0.39, 0.29) is 0 Å². The molecule has 1 aromatic carbocycles. The second-order valence-electron chi connectivity index (χ2n) is 5.64. The number of nitrogens with one attached hydrogen (secondary N) is 1. The SMILES string of the molecule is Cc1csc2nc(C3CC3)nc(NCc3ccccc3)c12. The number of anilines is 1. The van der Waals surface area contributed by atoms with Gasteiger partial charge in [0, 0.05) is 12.5 Å². The van der Waals surface area contributed by atoms with E-state index in [4.69, 9.17) is 9.97 Å². The first-order chi connectivity index (χ1) is 10.3. The third-order valence-corrected chi connectivity index (χ3v) is 4.87. The van der Waals surface area contributed by atoms with Crippen molar-refractivity contribution in [1.82, 2.24) is 9.97 Å². The lowest BCUT2D eigenvalue weighted by molar-refractivity contribution is 0.944. The minimum Gasteiger partial charge on any atom is -0.365 e. The predicted octanol–water partition coefficient (Wildman–Crippen LogP) is 4.49. The van der Waals surface area contributed by atoms with E-state index in [9.17, 15) is 0 Å². The fourth-order valence-electron chi connectivity index (χ4n) is 2.53. The van der Waals surface area contributed by atoms with E-state index in [2.05, 4.69) is 41.9 Å². The maximum Gasteiger partial charge on any atom is 0.139 e. The van der Waals surface area contributed by atoms with Gasteiger partial charge in [-0.2, -0.15) is 0 Å². The molecule has 2 heterocycles. The minimum absolute atomic E-state index is 0.578. The van der Waals surface area contributed by atoms with Crippen LogP contribution in [-0.4, -0.2) is 9.97 Å². The van der Waals surface area contributed by atoms with Crippen LogP contribution in [0.15, 0.2) is 35.7 Å². The van der Waals surface area contributed by atoms with E-state index in [1.807, 2.05) is 6.07 Å². The van der Waals surface area contributed by atoms with Crippen LogP contribution in [0.2, 0.25) is 0 Å². The summed E-state index contributed by atoms with van der Waals surface area (Å²) in [5.74, 6) is 2.58. The second kappa shape index (κ2) is 5.11. The number of aromatic nitrogens is 2. The number of rotatable bonds is 4. The first-order valence-corrected chi connectivity index (χ1v) is 8.23. The van der Waals surface area contributed by atoms with Gasteiger partial charge < -0.3 is 5.32 Å². The Hall–Kier alpha value is -1.94. The molecule has 2 aromatic heterocycles. The van der Waals surface area contributed by atoms with Gasteiger partial charge in [-0.3, -0.25) is 0 Å². The summed E-state index contributed by atoms with van der Waals surface area (Å²) >= 11 is 1.72. The molecule has 0 saturated heterocycles. The second-order valence-corrected chi connectivity index (χ2v) is 6.50. The molecular formula is C17H17N3S. The first kappa shape index (κ1) is 12.8. The van der Waals surface area contributed by atoms with E-state index >= 15 is 0 Å². The Labute approximate surface area is 128 Å². The third-order valence-electron chi connectivity index (χ3n) is 3.88. The molecule has 0 atom stereocenters. The van der Waals surface area contributed by atoms with Crippen molar-refractivity contribution in [3.05, 3.63) is 52.7 Å². The molecule has 21 heavy (non-hydrogen) atoms. The average Bonchev–Trinajstić information content (AvgIpc) is 3.30. The van der Waals surface area contributed by atoms with Crippen LogP contribution in [0.4, 0.5) is 5.82 Å². The van der Waals surface area contributed by atoms with E-state index < -0.39 is 0 Å². The van der Waals surface area contributed by atoms with Crippen molar-refractivity contribution in [2.24, 2.45) is 0 Å². The molecule has 0 bridgehead atoms. The van der Waals surface area contributed by atoms with Crippen molar-refractivity contribution in [1.29, 1.82) is 0 Å². The highest BCUT2D eigenvalue weighted by molar-refractivity contribution is 7.17. The van der Waals surface area contributed by atoms with Gasteiger partial charge in [-0.05, 0) is 36.3 Å². The Balaban J connectivity index is 1.70. The molecule has 4 rings (SSSR count). The lowest BCUT2D eigenvalue weighted by atomic mass is 10.2. The topological polar surface area (TPSA) is 37.8 Å². The molecule has 1 aliphatic carbocycles. The van der Waals surface area contributed by atoms with Gasteiger partial charge in [-0.25, -0.2) is 9.97 Å². The fourth-order valence-corrected chi connectivity index (χ4v) is 3.46. The van der Waals surface area contributed by atoms with Crippen LogP contribution in [0, 0.1) is 6.92 Å². The van der Waals surface area contributed by atoms with Gasteiger partial charge >= 0.3 is 0 Å². The Morgan fingerprint density at radius 2 is 2.00 bits per heavy atom. The highest BCUT2D eigenvalue weighted by Crippen LogP contribution is 2.40. The summed E-state index contributed by atoms with van der Waals surface area (Å²) in [6.45, 7) is 2.93. The zero-order valence-corrected chi connectivity index (χ0v) is 12.8. The summed E-state index contributed by atoms with van der Waals surface area (Å²) in [6, 6.07) is 10.4. The van der Waals surface area contributed by atoms with Crippen molar-refractivity contribution in [2.75, 3.05) is 5.32 Å². The maximum absolute atomic E-state index is 4.80. The van der Waals surface area contributed by atoms with Gasteiger partial charge in [-0.1, -0.05) is 30.3 Å². The third kappa shape index (κ3) is 2.51. The molecule has 3 nitrogen and oxygen atoms in total. The summed E-state index contributed by atoms with van der Waals surface area (Å²) in [6.07, 6.45) is 2.46. The number of nitrogens with zero attached hydrogens (tertiary/aromatic N) is 2. The number of hydrogen-bond acceptors (Lipinski definition) is 4. The lowest BCUT2D eigenvalue weighted by Gasteiger charge is -2.09.